The van der Waals surface area contributed by atoms with E-state index in [1.165, 1.54) is 12.1 Å². The molecule has 1 aliphatic heterocycles. The Kier molecular flexibility index (Phi) is 3.22. The van der Waals surface area contributed by atoms with Crippen LogP contribution in [0.15, 0.2) is 40.8 Å². The molecule has 2 N–H and O–H groups in total. The topological polar surface area (TPSA) is 54.3 Å². The summed E-state index contributed by atoms with van der Waals surface area (Å²) in [5.41, 5.74) is 0.752. The SMILES string of the molecule is O=C(NC1CC2CNC1C2)c1ccc(-c2ccc(F)cc2)o1. The minimum Gasteiger partial charge on any atom is -0.451 e. The third-order valence-electron chi connectivity index (χ3n) is 4.60. The fourth-order valence-corrected chi connectivity index (χ4v) is 3.48. The van der Waals surface area contributed by atoms with E-state index < -0.39 is 0 Å². The largest absolute Gasteiger partial charge is 0.451 e. The van der Waals surface area contributed by atoms with Crippen LogP contribution in [0.25, 0.3) is 11.3 Å². The molecule has 0 spiro atoms. The van der Waals surface area contributed by atoms with Crippen molar-refractivity contribution in [2.75, 3.05) is 6.54 Å². The number of halogens is 1. The molecule has 1 aromatic heterocycles. The Balaban J connectivity index is 1.46. The zero-order valence-corrected chi connectivity index (χ0v) is 12.0. The highest BCUT2D eigenvalue weighted by molar-refractivity contribution is 5.92. The number of furan rings is 1. The number of piperidine rings is 1. The zero-order chi connectivity index (χ0) is 15.1. The Labute approximate surface area is 127 Å². The molecule has 114 valence electrons. The van der Waals surface area contributed by atoms with Crippen LogP contribution in [0.1, 0.15) is 23.4 Å². The van der Waals surface area contributed by atoms with Gasteiger partial charge in [-0.25, -0.2) is 4.39 Å². The van der Waals surface area contributed by atoms with Crippen LogP contribution in [-0.4, -0.2) is 24.5 Å². The maximum Gasteiger partial charge on any atom is 0.287 e. The second-order valence-electron chi connectivity index (χ2n) is 6.10. The van der Waals surface area contributed by atoms with Crippen LogP contribution >= 0.6 is 0 Å². The molecule has 1 saturated heterocycles. The van der Waals surface area contributed by atoms with E-state index in [4.69, 9.17) is 4.42 Å². The lowest BCUT2D eigenvalue weighted by Gasteiger charge is -2.23. The Hall–Kier alpha value is -2.14. The number of carbonyl (C=O) groups excluding carboxylic acids is 1. The fraction of sp³-hybridized carbons (Fsp3) is 0.353. The summed E-state index contributed by atoms with van der Waals surface area (Å²) in [6.45, 7) is 1.06. The van der Waals surface area contributed by atoms with Crippen LogP contribution in [-0.2, 0) is 0 Å². The van der Waals surface area contributed by atoms with Crippen LogP contribution < -0.4 is 10.6 Å². The monoisotopic (exact) mass is 300 g/mol. The molecule has 4 nitrogen and oxygen atoms in total. The van der Waals surface area contributed by atoms with Gasteiger partial charge in [0.15, 0.2) is 5.76 Å². The van der Waals surface area contributed by atoms with Crippen LogP contribution in [0.4, 0.5) is 4.39 Å². The molecule has 5 heteroatoms. The summed E-state index contributed by atoms with van der Waals surface area (Å²) in [4.78, 5) is 12.3. The summed E-state index contributed by atoms with van der Waals surface area (Å²) in [6, 6.07) is 9.99. The minimum absolute atomic E-state index is 0.186. The predicted octanol–water partition coefficient (Wildman–Crippen LogP) is 2.57. The van der Waals surface area contributed by atoms with Gasteiger partial charge < -0.3 is 15.1 Å². The van der Waals surface area contributed by atoms with Crippen molar-refractivity contribution < 1.29 is 13.6 Å². The van der Waals surface area contributed by atoms with E-state index in [1.54, 1.807) is 24.3 Å². The third kappa shape index (κ3) is 2.41. The Morgan fingerprint density at radius 3 is 2.68 bits per heavy atom. The molecule has 2 bridgehead atoms. The molecule has 3 unspecified atom stereocenters. The third-order valence-corrected chi connectivity index (χ3v) is 4.60. The van der Waals surface area contributed by atoms with Gasteiger partial charge in [0.05, 0.1) is 0 Å². The van der Waals surface area contributed by atoms with Gasteiger partial charge in [-0.3, -0.25) is 4.79 Å². The normalized spacial score (nSPS) is 26.3. The van der Waals surface area contributed by atoms with Gasteiger partial charge in [-0.05, 0) is 61.7 Å². The summed E-state index contributed by atoms with van der Waals surface area (Å²) >= 11 is 0. The predicted molar refractivity (Wildman–Crippen MR) is 79.9 cm³/mol. The Morgan fingerprint density at radius 1 is 1.18 bits per heavy atom. The Bertz CT molecular complexity index is 695. The summed E-state index contributed by atoms with van der Waals surface area (Å²) in [5.74, 6) is 1.06. The first kappa shape index (κ1) is 13.5. The molecule has 2 aromatic rings. The number of nitrogens with one attached hydrogen (secondary N) is 2. The first-order valence-corrected chi connectivity index (χ1v) is 7.59. The number of rotatable bonds is 3. The van der Waals surface area contributed by atoms with Gasteiger partial charge in [-0.2, -0.15) is 0 Å². The van der Waals surface area contributed by atoms with Gasteiger partial charge in [0.25, 0.3) is 5.91 Å². The lowest BCUT2D eigenvalue weighted by Crippen LogP contribution is -2.47. The number of hydrogen-bond acceptors (Lipinski definition) is 3. The molecule has 22 heavy (non-hydrogen) atoms. The van der Waals surface area contributed by atoms with Crippen LogP contribution in [0.3, 0.4) is 0 Å². The molecular weight excluding hydrogens is 283 g/mol. The first-order chi connectivity index (χ1) is 10.7. The lowest BCUT2D eigenvalue weighted by atomic mass is 10.1. The molecular formula is C17H17FN2O2. The van der Waals surface area contributed by atoms with Gasteiger partial charge in [-0.15, -0.1) is 0 Å². The van der Waals surface area contributed by atoms with Crippen molar-refractivity contribution in [3.8, 4) is 11.3 Å². The lowest BCUT2D eigenvalue weighted by molar-refractivity contribution is 0.0901. The molecule has 2 aliphatic rings. The molecule has 1 saturated carbocycles. The van der Waals surface area contributed by atoms with Crippen molar-refractivity contribution >= 4 is 5.91 Å². The second-order valence-corrected chi connectivity index (χ2v) is 6.10. The molecule has 3 atom stereocenters. The molecule has 2 heterocycles. The molecule has 0 radical (unpaired) electrons. The smallest absolute Gasteiger partial charge is 0.287 e. The average molecular weight is 300 g/mol. The number of amides is 1. The van der Waals surface area contributed by atoms with E-state index in [9.17, 15) is 9.18 Å². The van der Waals surface area contributed by atoms with Gasteiger partial charge in [0.2, 0.25) is 0 Å². The van der Waals surface area contributed by atoms with Crippen LogP contribution in [0.2, 0.25) is 0 Å². The van der Waals surface area contributed by atoms with Crippen molar-refractivity contribution in [2.45, 2.75) is 24.9 Å². The summed E-state index contributed by atoms with van der Waals surface area (Å²) < 4.78 is 18.5. The van der Waals surface area contributed by atoms with Crippen LogP contribution in [0, 0.1) is 11.7 Å². The minimum atomic E-state index is -0.294. The van der Waals surface area contributed by atoms with Gasteiger partial charge in [-0.1, -0.05) is 0 Å². The average Bonchev–Trinajstić information content (AvgIpc) is 3.24. The van der Waals surface area contributed by atoms with Crippen molar-refractivity contribution in [3.05, 3.63) is 48.0 Å². The standard InChI is InChI=1S/C17H17FN2O2/c18-12-3-1-11(2-4-12)15-5-6-16(22-15)17(21)20-14-8-10-7-13(14)19-9-10/h1-6,10,13-14,19H,7-9H2,(H,20,21). The second kappa shape index (κ2) is 5.25. The van der Waals surface area contributed by atoms with Gasteiger partial charge in [0.1, 0.15) is 11.6 Å². The van der Waals surface area contributed by atoms with Crippen molar-refractivity contribution in [2.24, 2.45) is 5.92 Å². The Morgan fingerprint density at radius 2 is 2.00 bits per heavy atom. The summed E-state index contributed by atoms with van der Waals surface area (Å²) in [7, 11) is 0. The van der Waals surface area contributed by atoms with E-state index in [0.717, 1.165) is 24.9 Å². The van der Waals surface area contributed by atoms with Gasteiger partial charge >= 0.3 is 0 Å². The number of hydrogen-bond donors (Lipinski definition) is 2. The van der Waals surface area contributed by atoms with Crippen LogP contribution in [0.5, 0.6) is 0 Å². The maximum absolute atomic E-state index is 12.9. The van der Waals surface area contributed by atoms with E-state index in [0.29, 0.717) is 23.5 Å². The highest BCUT2D eigenvalue weighted by atomic mass is 19.1. The molecule has 1 aliphatic carbocycles. The van der Waals surface area contributed by atoms with Gasteiger partial charge in [0, 0.05) is 17.6 Å². The van der Waals surface area contributed by atoms with E-state index in [2.05, 4.69) is 10.6 Å². The molecule has 2 fully saturated rings. The maximum atomic E-state index is 12.9. The quantitative estimate of drug-likeness (QED) is 0.916. The number of benzene rings is 1. The number of carbonyl (C=O) groups is 1. The van der Waals surface area contributed by atoms with E-state index in [-0.39, 0.29) is 17.8 Å². The molecule has 1 amide bonds. The van der Waals surface area contributed by atoms with Crippen molar-refractivity contribution in [3.63, 3.8) is 0 Å². The molecule has 4 rings (SSSR count). The molecule has 1 aromatic carbocycles. The summed E-state index contributed by atoms with van der Waals surface area (Å²) in [6.07, 6.45) is 2.18. The number of fused-ring (bicyclic) bond motifs is 2. The highest BCUT2D eigenvalue weighted by Gasteiger charge is 2.40. The van der Waals surface area contributed by atoms with E-state index >= 15 is 0 Å². The fourth-order valence-electron chi connectivity index (χ4n) is 3.48. The van der Waals surface area contributed by atoms with Crippen molar-refractivity contribution in [1.29, 1.82) is 0 Å². The van der Waals surface area contributed by atoms with E-state index in [1.807, 2.05) is 0 Å². The van der Waals surface area contributed by atoms with Crippen molar-refractivity contribution in [1.82, 2.24) is 10.6 Å². The zero-order valence-electron chi connectivity index (χ0n) is 12.0. The highest BCUT2D eigenvalue weighted by Crippen LogP contribution is 2.31. The first-order valence-electron chi connectivity index (χ1n) is 7.59. The summed E-state index contributed by atoms with van der Waals surface area (Å²) in [5, 5.41) is 6.46.